The van der Waals surface area contributed by atoms with Gasteiger partial charge in [0.1, 0.15) is 0 Å². The Kier molecular flexibility index (Phi) is 4.28. The van der Waals surface area contributed by atoms with Gasteiger partial charge in [-0.25, -0.2) is 0 Å². The maximum atomic E-state index is 12.4. The van der Waals surface area contributed by atoms with E-state index in [0.29, 0.717) is 6.42 Å². The first kappa shape index (κ1) is 15.1. The number of rotatable bonds is 4. The van der Waals surface area contributed by atoms with Crippen molar-refractivity contribution in [2.75, 3.05) is 24.3 Å². The number of carbonyl (C=O) groups is 1. The molecular weight excluding hydrogens is 290 g/mol. The van der Waals surface area contributed by atoms with Crippen LogP contribution in [0.25, 0.3) is 0 Å². The number of para-hydroxylation sites is 2. The molecule has 1 aliphatic heterocycles. The smallest absolute Gasteiger partial charge is 0.268 e. The zero-order chi connectivity index (χ0) is 16.2. The van der Waals surface area contributed by atoms with Crippen LogP contribution in [-0.4, -0.2) is 31.8 Å². The normalized spacial score (nSPS) is 16.4. The lowest BCUT2D eigenvalue weighted by Crippen LogP contribution is -2.28. The summed E-state index contributed by atoms with van der Waals surface area (Å²) in [6.07, 6.45) is -0.125. The first-order valence-corrected chi connectivity index (χ1v) is 7.50. The average Bonchev–Trinajstić information content (AvgIpc) is 3.06. The van der Waals surface area contributed by atoms with Gasteiger partial charge in [-0.05, 0) is 17.7 Å². The van der Waals surface area contributed by atoms with Gasteiger partial charge in [-0.3, -0.25) is 4.79 Å². The molecule has 0 aromatic heterocycles. The highest BCUT2D eigenvalue weighted by Crippen LogP contribution is 2.25. The Morgan fingerprint density at radius 2 is 1.83 bits per heavy atom. The number of hydrogen-bond donors (Lipinski definition) is 1. The number of carbonyl (C=O) groups excluding carboxylic acids is 1. The van der Waals surface area contributed by atoms with Crippen molar-refractivity contribution in [3.05, 3.63) is 60.2 Å². The van der Waals surface area contributed by atoms with Gasteiger partial charge in [0, 0.05) is 20.5 Å². The van der Waals surface area contributed by atoms with E-state index < -0.39 is 6.10 Å². The van der Waals surface area contributed by atoms with E-state index in [1.807, 2.05) is 73.6 Å². The van der Waals surface area contributed by atoms with Crippen molar-refractivity contribution in [1.29, 1.82) is 0 Å². The molecule has 3 rings (SSSR count). The lowest BCUT2D eigenvalue weighted by atomic mass is 10.0. The number of nitrogens with one attached hydrogen (secondary N) is 1. The Bertz CT molecular complexity index is 726. The first-order valence-electron chi connectivity index (χ1n) is 7.50. The van der Waals surface area contributed by atoms with Crippen molar-refractivity contribution in [3.63, 3.8) is 0 Å². The van der Waals surface area contributed by atoms with Crippen LogP contribution >= 0.6 is 0 Å². The van der Waals surface area contributed by atoms with Gasteiger partial charge in [-0.2, -0.15) is 0 Å². The minimum absolute atomic E-state index is 0.186. The molecule has 2 aromatic carbocycles. The van der Waals surface area contributed by atoms with Crippen LogP contribution < -0.4 is 10.2 Å². The van der Waals surface area contributed by atoms with Crippen molar-refractivity contribution in [3.8, 4) is 0 Å². The monoisotopic (exact) mass is 309 g/mol. The summed E-state index contributed by atoms with van der Waals surface area (Å²) in [7, 11) is 3.88. The third-order valence-corrected chi connectivity index (χ3v) is 3.71. The van der Waals surface area contributed by atoms with E-state index in [0.717, 1.165) is 22.6 Å². The topological polar surface area (TPSA) is 53.9 Å². The van der Waals surface area contributed by atoms with Crippen LogP contribution in [0.5, 0.6) is 0 Å². The maximum Gasteiger partial charge on any atom is 0.268 e. The summed E-state index contributed by atoms with van der Waals surface area (Å²) in [6.45, 7) is 0. The third-order valence-electron chi connectivity index (χ3n) is 3.71. The highest BCUT2D eigenvalue weighted by atomic mass is 16.6. The molecule has 0 fully saturated rings. The molecule has 0 spiro atoms. The fourth-order valence-electron chi connectivity index (χ4n) is 2.50. The molecule has 0 aliphatic carbocycles. The summed E-state index contributed by atoms with van der Waals surface area (Å²) in [4.78, 5) is 19.7. The van der Waals surface area contributed by atoms with Gasteiger partial charge in [0.15, 0.2) is 0 Å². The molecule has 118 valence electrons. The van der Waals surface area contributed by atoms with Gasteiger partial charge in [-0.15, -0.1) is 0 Å². The highest BCUT2D eigenvalue weighted by Gasteiger charge is 2.29. The van der Waals surface area contributed by atoms with E-state index in [1.165, 1.54) is 0 Å². The number of benzene rings is 2. The van der Waals surface area contributed by atoms with E-state index in [9.17, 15) is 4.79 Å². The second-order valence-corrected chi connectivity index (χ2v) is 5.60. The first-order chi connectivity index (χ1) is 11.1. The quantitative estimate of drug-likeness (QED) is 0.945. The number of oxime groups is 1. The summed E-state index contributed by atoms with van der Waals surface area (Å²) in [5.41, 5.74) is 3.49. The van der Waals surface area contributed by atoms with Crippen molar-refractivity contribution in [2.24, 2.45) is 5.16 Å². The van der Waals surface area contributed by atoms with E-state index in [4.69, 9.17) is 4.84 Å². The Morgan fingerprint density at radius 1 is 1.13 bits per heavy atom. The van der Waals surface area contributed by atoms with Gasteiger partial charge in [0.05, 0.1) is 17.1 Å². The molecule has 1 amide bonds. The average molecular weight is 309 g/mol. The second-order valence-electron chi connectivity index (χ2n) is 5.60. The Morgan fingerprint density at radius 3 is 2.57 bits per heavy atom. The molecule has 0 saturated carbocycles. The minimum atomic E-state index is -0.597. The SMILES string of the molecule is CN(C)c1ccccc1NC(=O)[C@@H]1CC(c2ccccc2)=NO1. The zero-order valence-corrected chi connectivity index (χ0v) is 13.2. The van der Waals surface area contributed by atoms with Gasteiger partial charge < -0.3 is 15.1 Å². The fraction of sp³-hybridized carbons (Fsp3) is 0.222. The second kappa shape index (κ2) is 6.52. The van der Waals surface area contributed by atoms with Crippen LogP contribution in [0.15, 0.2) is 59.8 Å². The molecule has 5 heteroatoms. The van der Waals surface area contributed by atoms with Crippen molar-refractivity contribution in [2.45, 2.75) is 12.5 Å². The molecule has 0 saturated heterocycles. The molecule has 1 aliphatic rings. The van der Waals surface area contributed by atoms with Crippen LogP contribution in [0.3, 0.4) is 0 Å². The highest BCUT2D eigenvalue weighted by molar-refractivity contribution is 6.06. The van der Waals surface area contributed by atoms with Crippen LogP contribution in [0, 0.1) is 0 Å². The summed E-state index contributed by atoms with van der Waals surface area (Å²) >= 11 is 0. The lowest BCUT2D eigenvalue weighted by Gasteiger charge is -2.18. The lowest BCUT2D eigenvalue weighted by molar-refractivity contribution is -0.125. The maximum absolute atomic E-state index is 12.4. The van der Waals surface area contributed by atoms with Crippen LogP contribution in [-0.2, 0) is 9.63 Å². The van der Waals surface area contributed by atoms with Gasteiger partial charge in [0.25, 0.3) is 5.91 Å². The Labute approximate surface area is 135 Å². The molecule has 0 bridgehead atoms. The third kappa shape index (κ3) is 3.34. The van der Waals surface area contributed by atoms with Crippen LogP contribution in [0.4, 0.5) is 11.4 Å². The molecule has 1 atom stereocenters. The number of hydrogen-bond acceptors (Lipinski definition) is 4. The van der Waals surface area contributed by atoms with Crippen molar-refractivity contribution in [1.82, 2.24) is 0 Å². The van der Waals surface area contributed by atoms with E-state index in [2.05, 4.69) is 10.5 Å². The van der Waals surface area contributed by atoms with Gasteiger partial charge in [0.2, 0.25) is 6.10 Å². The summed E-state index contributed by atoms with van der Waals surface area (Å²) in [5.74, 6) is -0.186. The summed E-state index contributed by atoms with van der Waals surface area (Å²) < 4.78 is 0. The molecule has 23 heavy (non-hydrogen) atoms. The Balaban J connectivity index is 1.67. The number of amides is 1. The van der Waals surface area contributed by atoms with Crippen molar-refractivity contribution >= 4 is 23.0 Å². The molecular formula is C18H19N3O2. The summed E-state index contributed by atoms with van der Waals surface area (Å²) in [6, 6.07) is 17.4. The molecule has 0 radical (unpaired) electrons. The van der Waals surface area contributed by atoms with E-state index in [1.54, 1.807) is 0 Å². The standard InChI is InChI=1S/C18H19N3O2/c1-21(2)16-11-7-6-10-14(16)19-18(22)17-12-15(20-23-17)13-8-4-3-5-9-13/h3-11,17H,12H2,1-2H3,(H,19,22)/t17-/m0/s1. The molecule has 0 unspecified atom stereocenters. The predicted molar refractivity (Wildman–Crippen MR) is 91.9 cm³/mol. The van der Waals surface area contributed by atoms with Gasteiger partial charge >= 0.3 is 0 Å². The predicted octanol–water partition coefficient (Wildman–Crippen LogP) is 2.88. The number of nitrogens with zero attached hydrogens (tertiary/aromatic N) is 2. The molecule has 2 aromatic rings. The van der Waals surface area contributed by atoms with E-state index >= 15 is 0 Å². The Hall–Kier alpha value is -2.82. The number of anilines is 2. The molecule has 5 nitrogen and oxygen atoms in total. The van der Waals surface area contributed by atoms with E-state index in [-0.39, 0.29) is 5.91 Å². The zero-order valence-electron chi connectivity index (χ0n) is 13.2. The van der Waals surface area contributed by atoms with Crippen molar-refractivity contribution < 1.29 is 9.63 Å². The van der Waals surface area contributed by atoms with Crippen LogP contribution in [0.1, 0.15) is 12.0 Å². The largest absolute Gasteiger partial charge is 0.382 e. The molecule has 1 N–H and O–H groups in total. The van der Waals surface area contributed by atoms with Crippen LogP contribution in [0.2, 0.25) is 0 Å². The minimum Gasteiger partial charge on any atom is -0.382 e. The molecule has 1 heterocycles. The summed E-state index contributed by atoms with van der Waals surface area (Å²) in [5, 5.41) is 6.98. The fourth-order valence-corrected chi connectivity index (χ4v) is 2.50. The van der Waals surface area contributed by atoms with Gasteiger partial charge in [-0.1, -0.05) is 47.6 Å².